The van der Waals surface area contributed by atoms with E-state index in [9.17, 15) is 0 Å². The molecular weight excluding hydrogens is 112 g/mol. The third kappa shape index (κ3) is 1.79. The summed E-state index contributed by atoms with van der Waals surface area (Å²) in [5.41, 5.74) is 0.868. The standard InChI is InChI=1S/C7H14N2/c1-6-3-2-4-9-5-7(6)8/h6,8-9H,2-5H2,1H3. The summed E-state index contributed by atoms with van der Waals surface area (Å²) in [6.45, 7) is 4.03. The summed E-state index contributed by atoms with van der Waals surface area (Å²) in [7, 11) is 0. The number of hydrogen-bond donors (Lipinski definition) is 2. The first-order valence-electron chi connectivity index (χ1n) is 3.58. The summed E-state index contributed by atoms with van der Waals surface area (Å²) in [5, 5.41) is 10.7. The van der Waals surface area contributed by atoms with Gasteiger partial charge in [-0.1, -0.05) is 6.92 Å². The lowest BCUT2D eigenvalue weighted by Gasteiger charge is -2.05. The Bertz CT molecular complexity index is 109. The zero-order chi connectivity index (χ0) is 6.69. The van der Waals surface area contributed by atoms with Crippen molar-refractivity contribution in [2.75, 3.05) is 13.1 Å². The molecule has 0 aliphatic carbocycles. The molecule has 2 N–H and O–H groups in total. The molecule has 1 atom stereocenters. The first kappa shape index (κ1) is 6.75. The fraction of sp³-hybridized carbons (Fsp3) is 0.857. The minimum Gasteiger partial charge on any atom is -0.311 e. The van der Waals surface area contributed by atoms with E-state index in [2.05, 4.69) is 12.2 Å². The predicted molar refractivity (Wildman–Crippen MR) is 39.0 cm³/mol. The summed E-state index contributed by atoms with van der Waals surface area (Å²) in [6.07, 6.45) is 2.41. The highest BCUT2D eigenvalue weighted by molar-refractivity contribution is 5.85. The van der Waals surface area contributed by atoms with Crippen LogP contribution in [0.4, 0.5) is 0 Å². The Morgan fingerprint density at radius 1 is 1.67 bits per heavy atom. The van der Waals surface area contributed by atoms with Crippen molar-refractivity contribution in [2.24, 2.45) is 5.92 Å². The third-order valence-corrected chi connectivity index (χ3v) is 1.90. The molecule has 2 nitrogen and oxygen atoms in total. The van der Waals surface area contributed by atoms with E-state index in [1.54, 1.807) is 0 Å². The monoisotopic (exact) mass is 126 g/mol. The maximum atomic E-state index is 7.47. The molecule has 0 spiro atoms. The molecule has 1 rings (SSSR count). The van der Waals surface area contributed by atoms with Crippen LogP contribution in [0, 0.1) is 11.3 Å². The molecule has 1 fully saturated rings. The Hall–Kier alpha value is -0.370. The van der Waals surface area contributed by atoms with Gasteiger partial charge >= 0.3 is 0 Å². The molecule has 1 saturated heterocycles. The molecule has 0 aromatic carbocycles. The summed E-state index contributed by atoms with van der Waals surface area (Å²) in [4.78, 5) is 0. The third-order valence-electron chi connectivity index (χ3n) is 1.90. The van der Waals surface area contributed by atoms with E-state index in [-0.39, 0.29) is 0 Å². The van der Waals surface area contributed by atoms with Crippen molar-refractivity contribution in [3.63, 3.8) is 0 Å². The second-order valence-electron chi connectivity index (χ2n) is 2.75. The lowest BCUT2D eigenvalue weighted by Crippen LogP contribution is -2.22. The fourth-order valence-electron chi connectivity index (χ4n) is 1.10. The lowest BCUT2D eigenvalue weighted by atomic mass is 10.0. The van der Waals surface area contributed by atoms with Crippen molar-refractivity contribution in [1.82, 2.24) is 5.32 Å². The van der Waals surface area contributed by atoms with Gasteiger partial charge in [-0.05, 0) is 25.3 Å². The quantitative estimate of drug-likeness (QED) is 0.499. The van der Waals surface area contributed by atoms with Crippen molar-refractivity contribution in [2.45, 2.75) is 19.8 Å². The fourth-order valence-corrected chi connectivity index (χ4v) is 1.10. The number of nitrogens with one attached hydrogen (secondary N) is 2. The molecule has 0 radical (unpaired) electrons. The van der Waals surface area contributed by atoms with Gasteiger partial charge in [0.25, 0.3) is 0 Å². The zero-order valence-electron chi connectivity index (χ0n) is 5.91. The van der Waals surface area contributed by atoms with Crippen LogP contribution in [0.25, 0.3) is 0 Å². The number of rotatable bonds is 0. The highest BCUT2D eigenvalue weighted by Crippen LogP contribution is 2.08. The first-order valence-corrected chi connectivity index (χ1v) is 3.58. The largest absolute Gasteiger partial charge is 0.311 e. The predicted octanol–water partition coefficient (Wildman–Crippen LogP) is 1.03. The van der Waals surface area contributed by atoms with Gasteiger partial charge < -0.3 is 10.7 Å². The van der Waals surface area contributed by atoms with E-state index in [1.165, 1.54) is 12.8 Å². The lowest BCUT2D eigenvalue weighted by molar-refractivity contribution is 0.639. The van der Waals surface area contributed by atoms with Crippen molar-refractivity contribution in [1.29, 1.82) is 5.41 Å². The zero-order valence-corrected chi connectivity index (χ0v) is 5.91. The smallest absolute Gasteiger partial charge is 0.0335 e. The van der Waals surface area contributed by atoms with E-state index in [0.29, 0.717) is 5.92 Å². The van der Waals surface area contributed by atoms with Gasteiger partial charge in [0.05, 0.1) is 0 Å². The van der Waals surface area contributed by atoms with Crippen molar-refractivity contribution >= 4 is 5.71 Å². The molecule has 1 unspecified atom stereocenters. The second-order valence-corrected chi connectivity index (χ2v) is 2.75. The molecule has 1 aliphatic rings. The molecular formula is C7H14N2. The van der Waals surface area contributed by atoms with E-state index < -0.39 is 0 Å². The van der Waals surface area contributed by atoms with Crippen LogP contribution in [0.15, 0.2) is 0 Å². The Labute approximate surface area is 56.2 Å². The number of hydrogen-bond acceptors (Lipinski definition) is 2. The molecule has 52 valence electrons. The molecule has 0 bridgehead atoms. The van der Waals surface area contributed by atoms with Gasteiger partial charge in [-0.25, -0.2) is 0 Å². The van der Waals surface area contributed by atoms with Crippen LogP contribution in [0.2, 0.25) is 0 Å². The maximum absolute atomic E-state index is 7.47. The van der Waals surface area contributed by atoms with Crippen molar-refractivity contribution in [3.05, 3.63) is 0 Å². The topological polar surface area (TPSA) is 35.9 Å². The first-order chi connectivity index (χ1) is 4.30. The summed E-state index contributed by atoms with van der Waals surface area (Å²) in [5.74, 6) is 0.514. The molecule has 1 heterocycles. The van der Waals surface area contributed by atoms with Gasteiger partial charge in [0.2, 0.25) is 0 Å². The minimum atomic E-state index is 0.514. The minimum absolute atomic E-state index is 0.514. The second kappa shape index (κ2) is 2.97. The van der Waals surface area contributed by atoms with Crippen LogP contribution < -0.4 is 5.32 Å². The van der Waals surface area contributed by atoms with Gasteiger partial charge in [0.15, 0.2) is 0 Å². The molecule has 1 aliphatic heterocycles. The average molecular weight is 126 g/mol. The van der Waals surface area contributed by atoms with Crippen LogP contribution >= 0.6 is 0 Å². The van der Waals surface area contributed by atoms with Gasteiger partial charge in [-0.15, -0.1) is 0 Å². The van der Waals surface area contributed by atoms with E-state index in [0.717, 1.165) is 18.8 Å². The van der Waals surface area contributed by atoms with Crippen LogP contribution in [-0.4, -0.2) is 18.8 Å². The summed E-state index contributed by atoms with van der Waals surface area (Å²) in [6, 6.07) is 0. The Kier molecular flexibility index (Phi) is 2.22. The average Bonchev–Trinajstić information content (AvgIpc) is 1.99. The molecule has 2 heteroatoms. The van der Waals surface area contributed by atoms with Crippen LogP contribution in [0.3, 0.4) is 0 Å². The van der Waals surface area contributed by atoms with Gasteiger partial charge in [0, 0.05) is 12.3 Å². The van der Waals surface area contributed by atoms with E-state index in [1.807, 2.05) is 0 Å². The van der Waals surface area contributed by atoms with Gasteiger partial charge in [-0.3, -0.25) is 0 Å². The van der Waals surface area contributed by atoms with E-state index >= 15 is 0 Å². The Balaban J connectivity index is 2.41. The molecule has 0 saturated carbocycles. The maximum Gasteiger partial charge on any atom is 0.0335 e. The van der Waals surface area contributed by atoms with E-state index in [4.69, 9.17) is 5.41 Å². The Morgan fingerprint density at radius 3 is 3.22 bits per heavy atom. The van der Waals surface area contributed by atoms with Crippen molar-refractivity contribution < 1.29 is 0 Å². The SMILES string of the molecule is CC1CCCNCC1=N. The molecule has 0 amide bonds. The molecule has 0 aromatic rings. The Morgan fingerprint density at radius 2 is 2.44 bits per heavy atom. The highest BCUT2D eigenvalue weighted by Gasteiger charge is 2.10. The van der Waals surface area contributed by atoms with Crippen LogP contribution in [0.5, 0.6) is 0 Å². The van der Waals surface area contributed by atoms with Gasteiger partial charge in [0.1, 0.15) is 0 Å². The molecule has 9 heavy (non-hydrogen) atoms. The summed E-state index contributed by atoms with van der Waals surface area (Å²) < 4.78 is 0. The summed E-state index contributed by atoms with van der Waals surface area (Å²) >= 11 is 0. The van der Waals surface area contributed by atoms with Crippen LogP contribution in [0.1, 0.15) is 19.8 Å². The van der Waals surface area contributed by atoms with Crippen LogP contribution in [-0.2, 0) is 0 Å². The molecule has 0 aromatic heterocycles. The highest BCUT2D eigenvalue weighted by atomic mass is 14.9. The van der Waals surface area contributed by atoms with Crippen molar-refractivity contribution in [3.8, 4) is 0 Å². The normalized spacial score (nSPS) is 29.9. The van der Waals surface area contributed by atoms with Gasteiger partial charge in [-0.2, -0.15) is 0 Å².